The summed E-state index contributed by atoms with van der Waals surface area (Å²) in [6, 6.07) is 13.0. The van der Waals surface area contributed by atoms with Gasteiger partial charge in [0.05, 0.1) is 17.1 Å². The zero-order valence-electron chi connectivity index (χ0n) is 20.3. The fourth-order valence-corrected chi connectivity index (χ4v) is 4.77. The second-order valence-electron chi connectivity index (χ2n) is 8.78. The average Bonchev–Trinajstić information content (AvgIpc) is 2.86. The van der Waals surface area contributed by atoms with Gasteiger partial charge in [-0.2, -0.15) is 0 Å². The number of aryl methyl sites for hydroxylation is 1. The first kappa shape index (κ1) is 23.5. The number of H-pyrrole nitrogens is 1. The summed E-state index contributed by atoms with van der Waals surface area (Å²) in [5.41, 5.74) is 2.24. The Morgan fingerprint density at radius 1 is 0.972 bits per heavy atom. The molecule has 36 heavy (non-hydrogen) atoms. The van der Waals surface area contributed by atoms with Crippen LogP contribution < -0.4 is 26.0 Å². The van der Waals surface area contributed by atoms with E-state index in [1.165, 1.54) is 4.57 Å². The fourth-order valence-electron chi connectivity index (χ4n) is 4.77. The Hall–Kier alpha value is -4.27. The number of cyclic esters (lactones) is 1. The van der Waals surface area contributed by atoms with Crippen LogP contribution in [-0.2, 0) is 22.7 Å². The molecule has 9 heteroatoms. The molecule has 2 N–H and O–H groups in total. The summed E-state index contributed by atoms with van der Waals surface area (Å²) < 4.78 is 19.3. The lowest BCUT2D eigenvalue weighted by atomic mass is 9.81. The normalized spacial score (nSPS) is 17.3. The van der Waals surface area contributed by atoms with Gasteiger partial charge < -0.3 is 19.5 Å². The highest BCUT2D eigenvalue weighted by Gasteiger charge is 2.38. The molecule has 0 saturated carbocycles. The largest absolute Gasteiger partial charge is 0.490 e. The van der Waals surface area contributed by atoms with Gasteiger partial charge in [0.15, 0.2) is 0 Å². The van der Waals surface area contributed by atoms with Gasteiger partial charge in [0.1, 0.15) is 37.1 Å². The van der Waals surface area contributed by atoms with Crippen molar-refractivity contribution in [3.05, 3.63) is 96.8 Å². The van der Waals surface area contributed by atoms with E-state index < -0.39 is 23.1 Å². The Balaban J connectivity index is 1.75. The minimum Gasteiger partial charge on any atom is -0.490 e. The van der Waals surface area contributed by atoms with Crippen molar-refractivity contribution in [2.45, 2.75) is 39.8 Å². The SMILES string of the molecule is CCn1c2c(c(=O)[nH]c1=O)[C@H]1C(=C(C)N2)C(=O)OCc2ccccc2OCCOc2cc(C)ccc21. The molecule has 0 bridgehead atoms. The monoisotopic (exact) mass is 489 g/mol. The summed E-state index contributed by atoms with van der Waals surface area (Å²) in [6.07, 6.45) is 0. The molecule has 2 aliphatic heterocycles. The number of esters is 1. The van der Waals surface area contributed by atoms with E-state index in [-0.39, 0.29) is 31.0 Å². The maximum atomic E-state index is 13.6. The smallest absolute Gasteiger partial charge is 0.337 e. The highest BCUT2D eigenvalue weighted by molar-refractivity contribution is 5.94. The number of hydrogen-bond acceptors (Lipinski definition) is 7. The van der Waals surface area contributed by atoms with E-state index in [9.17, 15) is 14.4 Å². The lowest BCUT2D eigenvalue weighted by Gasteiger charge is -2.31. The molecule has 0 fully saturated rings. The van der Waals surface area contributed by atoms with Gasteiger partial charge in [-0.3, -0.25) is 14.3 Å². The maximum absolute atomic E-state index is 13.6. The van der Waals surface area contributed by atoms with Crippen LogP contribution in [0.2, 0.25) is 0 Å². The van der Waals surface area contributed by atoms with Crippen molar-refractivity contribution in [3.63, 3.8) is 0 Å². The van der Waals surface area contributed by atoms with Gasteiger partial charge in [-0.1, -0.05) is 30.3 Å². The number of anilines is 1. The number of ether oxygens (including phenoxy) is 3. The number of rotatable bonds is 1. The molecular formula is C27H27N3O6. The Kier molecular flexibility index (Phi) is 6.13. The first-order chi connectivity index (χ1) is 17.4. The van der Waals surface area contributed by atoms with Gasteiger partial charge in [-0.15, -0.1) is 0 Å². The standard InChI is InChI=1S/C27H27N3O6/c1-4-30-24-23(25(31)29-27(30)33)22-18-10-9-15(2)13-20(18)35-12-11-34-19-8-6-5-7-17(19)14-36-26(32)21(22)16(3)28-24/h5-10,13,22,28H,4,11-12,14H2,1-3H3,(H,29,31,33)/t22-/m1/s1. The second-order valence-corrected chi connectivity index (χ2v) is 8.78. The molecule has 0 radical (unpaired) electrons. The first-order valence-corrected chi connectivity index (χ1v) is 11.8. The molecule has 3 aromatic rings. The Morgan fingerprint density at radius 2 is 1.72 bits per heavy atom. The van der Waals surface area contributed by atoms with Gasteiger partial charge in [-0.25, -0.2) is 9.59 Å². The van der Waals surface area contributed by atoms with E-state index in [0.29, 0.717) is 35.1 Å². The zero-order valence-corrected chi connectivity index (χ0v) is 20.3. The van der Waals surface area contributed by atoms with E-state index >= 15 is 0 Å². The molecule has 9 nitrogen and oxygen atoms in total. The van der Waals surface area contributed by atoms with Crippen LogP contribution in [0.25, 0.3) is 0 Å². The molecular weight excluding hydrogens is 462 g/mol. The van der Waals surface area contributed by atoms with Crippen LogP contribution >= 0.6 is 0 Å². The van der Waals surface area contributed by atoms with Gasteiger partial charge in [0.2, 0.25) is 0 Å². The highest BCUT2D eigenvalue weighted by atomic mass is 16.5. The van der Waals surface area contributed by atoms with Crippen LogP contribution in [0.4, 0.5) is 5.82 Å². The summed E-state index contributed by atoms with van der Waals surface area (Å²) >= 11 is 0. The molecule has 1 aromatic heterocycles. The maximum Gasteiger partial charge on any atom is 0.337 e. The number of carbonyl (C=O) groups is 1. The molecule has 2 aliphatic rings. The summed E-state index contributed by atoms with van der Waals surface area (Å²) in [5, 5.41) is 3.13. The van der Waals surface area contributed by atoms with E-state index in [4.69, 9.17) is 14.2 Å². The molecule has 0 unspecified atom stereocenters. The van der Waals surface area contributed by atoms with Crippen LogP contribution in [-0.4, -0.2) is 28.7 Å². The van der Waals surface area contributed by atoms with Crippen molar-refractivity contribution in [2.24, 2.45) is 0 Å². The van der Waals surface area contributed by atoms with Crippen molar-refractivity contribution >= 4 is 11.8 Å². The number of allylic oxidation sites excluding steroid dienone is 1. The van der Waals surface area contributed by atoms with E-state index in [2.05, 4.69) is 10.3 Å². The minimum absolute atomic E-state index is 0.00219. The number of aromatic amines is 1. The van der Waals surface area contributed by atoms with E-state index in [0.717, 1.165) is 11.1 Å². The van der Waals surface area contributed by atoms with Crippen LogP contribution in [0.1, 0.15) is 42.0 Å². The zero-order chi connectivity index (χ0) is 25.4. The summed E-state index contributed by atoms with van der Waals surface area (Å²) in [4.78, 5) is 41.8. The molecule has 186 valence electrons. The quantitative estimate of drug-likeness (QED) is 0.505. The predicted octanol–water partition coefficient (Wildman–Crippen LogP) is 3.21. The highest BCUT2D eigenvalue weighted by Crippen LogP contribution is 2.43. The number of benzene rings is 2. The van der Waals surface area contributed by atoms with Gasteiger partial charge in [0, 0.05) is 23.4 Å². The summed E-state index contributed by atoms with van der Waals surface area (Å²) in [7, 11) is 0. The lowest BCUT2D eigenvalue weighted by Crippen LogP contribution is -2.39. The average molecular weight is 490 g/mol. The molecule has 5 rings (SSSR count). The van der Waals surface area contributed by atoms with Gasteiger partial charge >= 0.3 is 11.7 Å². The third-order valence-electron chi connectivity index (χ3n) is 6.47. The van der Waals surface area contributed by atoms with Crippen molar-refractivity contribution in [3.8, 4) is 11.5 Å². The van der Waals surface area contributed by atoms with Gasteiger partial charge in [0.25, 0.3) is 5.56 Å². The number of aromatic nitrogens is 2. The van der Waals surface area contributed by atoms with E-state index in [1.54, 1.807) is 6.92 Å². The Bertz CT molecular complexity index is 1500. The Morgan fingerprint density at radius 3 is 2.50 bits per heavy atom. The third kappa shape index (κ3) is 4.06. The predicted molar refractivity (Wildman–Crippen MR) is 134 cm³/mol. The van der Waals surface area contributed by atoms with Crippen LogP contribution in [0.15, 0.2) is 63.3 Å². The molecule has 1 atom stereocenters. The Labute approximate surface area is 207 Å². The van der Waals surface area contributed by atoms with Crippen molar-refractivity contribution in [1.82, 2.24) is 9.55 Å². The van der Waals surface area contributed by atoms with Crippen molar-refractivity contribution < 1.29 is 19.0 Å². The van der Waals surface area contributed by atoms with Crippen molar-refractivity contribution in [1.29, 1.82) is 0 Å². The van der Waals surface area contributed by atoms with Crippen LogP contribution in [0.5, 0.6) is 11.5 Å². The van der Waals surface area contributed by atoms with Crippen molar-refractivity contribution in [2.75, 3.05) is 18.5 Å². The topological polar surface area (TPSA) is 112 Å². The second kappa shape index (κ2) is 9.41. The van der Waals surface area contributed by atoms with E-state index in [1.807, 2.05) is 56.3 Å². The molecule has 0 saturated heterocycles. The minimum atomic E-state index is -0.816. The number of carbonyl (C=O) groups excluding carboxylic acids is 1. The third-order valence-corrected chi connectivity index (χ3v) is 6.47. The number of para-hydroxylation sites is 1. The number of nitrogens with one attached hydrogen (secondary N) is 2. The molecule has 3 heterocycles. The number of nitrogens with zero attached hydrogens (tertiary/aromatic N) is 1. The number of hydrogen-bond donors (Lipinski definition) is 2. The summed E-state index contributed by atoms with van der Waals surface area (Å²) in [5.74, 6) is 0.0919. The number of fused-ring (bicyclic) bond motifs is 6. The molecule has 0 spiro atoms. The molecule has 2 aromatic carbocycles. The molecule has 0 amide bonds. The molecule has 0 aliphatic carbocycles. The lowest BCUT2D eigenvalue weighted by molar-refractivity contribution is -0.140. The first-order valence-electron chi connectivity index (χ1n) is 11.8. The van der Waals surface area contributed by atoms with Gasteiger partial charge in [-0.05, 0) is 38.5 Å². The van der Waals surface area contributed by atoms with Crippen LogP contribution in [0, 0.1) is 6.92 Å². The van der Waals surface area contributed by atoms with Crippen LogP contribution in [0.3, 0.4) is 0 Å². The summed E-state index contributed by atoms with van der Waals surface area (Å²) in [6.45, 7) is 6.34. The fraction of sp³-hybridized carbons (Fsp3) is 0.296.